The molecule has 1 atom stereocenters. The van der Waals surface area contributed by atoms with Crippen molar-refractivity contribution in [2.75, 3.05) is 19.6 Å². The Kier molecular flexibility index (Phi) is 9.42. The van der Waals surface area contributed by atoms with Crippen molar-refractivity contribution in [1.29, 1.82) is 0 Å². The van der Waals surface area contributed by atoms with Crippen LogP contribution in [-0.4, -0.2) is 58.4 Å². The molecule has 24 heavy (non-hydrogen) atoms. The van der Waals surface area contributed by atoms with Gasteiger partial charge in [0.05, 0.1) is 0 Å². The molecule has 6 nitrogen and oxygen atoms in total. The summed E-state index contributed by atoms with van der Waals surface area (Å²) in [5, 5.41) is 8.85. The van der Waals surface area contributed by atoms with Crippen molar-refractivity contribution in [3.63, 3.8) is 0 Å². The molecule has 1 aliphatic heterocycles. The predicted octanol–water partition coefficient (Wildman–Crippen LogP) is 2.66. The largest absolute Gasteiger partial charge is 0.481 e. The van der Waals surface area contributed by atoms with Gasteiger partial charge in [-0.2, -0.15) is 0 Å². The van der Waals surface area contributed by atoms with Gasteiger partial charge in [-0.3, -0.25) is 14.4 Å². The van der Waals surface area contributed by atoms with E-state index in [0.717, 1.165) is 45.2 Å². The number of hydrogen-bond acceptors (Lipinski definition) is 3. The average Bonchev–Trinajstić information content (AvgIpc) is 2.57. The molecule has 6 heteroatoms. The first kappa shape index (κ1) is 20.5. The first-order valence-corrected chi connectivity index (χ1v) is 9.28. The van der Waals surface area contributed by atoms with Crippen LogP contribution in [0, 0.1) is 0 Å². The third-order valence-corrected chi connectivity index (χ3v) is 4.53. The highest BCUT2D eigenvalue weighted by atomic mass is 16.4. The van der Waals surface area contributed by atoms with Crippen LogP contribution in [-0.2, 0) is 14.4 Å². The molecule has 1 saturated heterocycles. The monoisotopic (exact) mass is 340 g/mol. The van der Waals surface area contributed by atoms with Gasteiger partial charge in [-0.25, -0.2) is 0 Å². The van der Waals surface area contributed by atoms with E-state index < -0.39 is 5.97 Å². The molecule has 0 radical (unpaired) electrons. The van der Waals surface area contributed by atoms with E-state index >= 15 is 0 Å². The van der Waals surface area contributed by atoms with Crippen molar-refractivity contribution in [2.45, 2.75) is 77.7 Å². The Balaban J connectivity index is 2.51. The SMILES string of the molecule is CCCN(CCC)C(=O)CCC(=O)N1CCCCC1CCC(=O)O. The number of carboxylic acid groups (broad SMARTS) is 1. The van der Waals surface area contributed by atoms with E-state index in [1.807, 2.05) is 23.6 Å². The molecule has 2 amide bonds. The van der Waals surface area contributed by atoms with Crippen LogP contribution in [0.5, 0.6) is 0 Å². The summed E-state index contributed by atoms with van der Waals surface area (Å²) in [5.74, 6) is -0.782. The topological polar surface area (TPSA) is 77.9 Å². The summed E-state index contributed by atoms with van der Waals surface area (Å²) >= 11 is 0. The molecule has 0 saturated carbocycles. The number of carbonyl (C=O) groups excluding carboxylic acids is 2. The zero-order valence-electron chi connectivity index (χ0n) is 15.1. The molecular weight excluding hydrogens is 308 g/mol. The highest BCUT2D eigenvalue weighted by Gasteiger charge is 2.27. The minimum Gasteiger partial charge on any atom is -0.481 e. The lowest BCUT2D eigenvalue weighted by molar-refractivity contribution is -0.141. The molecule has 0 aliphatic carbocycles. The fraction of sp³-hybridized carbons (Fsp3) is 0.833. The molecule has 0 aromatic carbocycles. The van der Waals surface area contributed by atoms with E-state index in [1.54, 1.807) is 0 Å². The second kappa shape index (κ2) is 11.0. The Morgan fingerprint density at radius 1 is 1.04 bits per heavy atom. The fourth-order valence-corrected chi connectivity index (χ4v) is 3.34. The van der Waals surface area contributed by atoms with E-state index in [1.165, 1.54) is 0 Å². The molecule has 1 rings (SSSR count). The molecule has 1 heterocycles. The number of aliphatic carboxylic acids is 1. The summed E-state index contributed by atoms with van der Waals surface area (Å²) in [6.45, 7) is 6.26. The molecule has 0 aromatic rings. The first-order valence-electron chi connectivity index (χ1n) is 9.28. The maximum Gasteiger partial charge on any atom is 0.303 e. The molecule has 1 aliphatic rings. The average molecular weight is 340 g/mol. The number of nitrogens with zero attached hydrogens (tertiary/aromatic N) is 2. The van der Waals surface area contributed by atoms with Gasteiger partial charge in [-0.1, -0.05) is 13.8 Å². The number of carboxylic acids is 1. The molecule has 138 valence electrons. The number of piperidine rings is 1. The summed E-state index contributed by atoms with van der Waals surface area (Å²) in [4.78, 5) is 39.2. The maximum atomic E-state index is 12.5. The van der Waals surface area contributed by atoms with Crippen molar-refractivity contribution in [1.82, 2.24) is 9.80 Å². The van der Waals surface area contributed by atoms with Crippen LogP contribution in [0.15, 0.2) is 0 Å². The smallest absolute Gasteiger partial charge is 0.303 e. The van der Waals surface area contributed by atoms with Crippen LogP contribution < -0.4 is 0 Å². The Labute approximate surface area is 145 Å². The molecular formula is C18H32N2O4. The van der Waals surface area contributed by atoms with Gasteiger partial charge < -0.3 is 14.9 Å². The van der Waals surface area contributed by atoms with Crippen LogP contribution in [0.1, 0.15) is 71.6 Å². The minimum absolute atomic E-state index is 0.00798. The lowest BCUT2D eigenvalue weighted by Crippen LogP contribution is -2.44. The zero-order valence-corrected chi connectivity index (χ0v) is 15.1. The zero-order chi connectivity index (χ0) is 17.9. The highest BCUT2D eigenvalue weighted by molar-refractivity contribution is 5.84. The van der Waals surface area contributed by atoms with Gasteiger partial charge in [-0.05, 0) is 38.5 Å². The Morgan fingerprint density at radius 2 is 1.71 bits per heavy atom. The summed E-state index contributed by atoms with van der Waals surface area (Å²) in [7, 11) is 0. The summed E-state index contributed by atoms with van der Waals surface area (Å²) in [6.07, 6.45) is 5.78. The highest BCUT2D eigenvalue weighted by Crippen LogP contribution is 2.22. The van der Waals surface area contributed by atoms with Gasteiger partial charge in [0.1, 0.15) is 0 Å². The Hall–Kier alpha value is -1.59. The maximum absolute atomic E-state index is 12.5. The first-order chi connectivity index (χ1) is 11.5. The van der Waals surface area contributed by atoms with Gasteiger partial charge in [-0.15, -0.1) is 0 Å². The molecule has 0 spiro atoms. The standard InChI is InChI=1S/C18H32N2O4/c1-3-12-19(13-4-2)16(21)9-10-17(22)20-14-6-5-7-15(20)8-11-18(23)24/h15H,3-14H2,1-2H3,(H,23,24). The summed E-state index contributed by atoms with van der Waals surface area (Å²) in [5.41, 5.74) is 0. The van der Waals surface area contributed by atoms with Crippen molar-refractivity contribution < 1.29 is 19.5 Å². The molecule has 1 fully saturated rings. The molecule has 1 N–H and O–H groups in total. The van der Waals surface area contributed by atoms with Crippen LogP contribution >= 0.6 is 0 Å². The Bertz CT molecular complexity index is 419. The van der Waals surface area contributed by atoms with Crippen LogP contribution in [0.4, 0.5) is 0 Å². The fourth-order valence-electron chi connectivity index (χ4n) is 3.34. The third kappa shape index (κ3) is 6.89. The normalized spacial score (nSPS) is 17.6. The van der Waals surface area contributed by atoms with E-state index in [4.69, 9.17) is 5.11 Å². The van der Waals surface area contributed by atoms with Crippen molar-refractivity contribution in [3.8, 4) is 0 Å². The number of carbonyl (C=O) groups is 3. The van der Waals surface area contributed by atoms with Crippen molar-refractivity contribution in [2.24, 2.45) is 0 Å². The van der Waals surface area contributed by atoms with Gasteiger partial charge >= 0.3 is 5.97 Å². The lowest BCUT2D eigenvalue weighted by atomic mass is 9.97. The minimum atomic E-state index is -0.821. The van der Waals surface area contributed by atoms with Gasteiger partial charge in [0.15, 0.2) is 0 Å². The van der Waals surface area contributed by atoms with Crippen LogP contribution in [0.25, 0.3) is 0 Å². The second-order valence-electron chi connectivity index (χ2n) is 6.55. The molecule has 1 unspecified atom stereocenters. The van der Waals surface area contributed by atoms with Crippen LogP contribution in [0.3, 0.4) is 0 Å². The van der Waals surface area contributed by atoms with Gasteiger partial charge in [0.25, 0.3) is 0 Å². The Morgan fingerprint density at radius 3 is 2.29 bits per heavy atom. The van der Waals surface area contributed by atoms with E-state index in [2.05, 4.69) is 0 Å². The van der Waals surface area contributed by atoms with Crippen LogP contribution in [0.2, 0.25) is 0 Å². The third-order valence-electron chi connectivity index (χ3n) is 4.53. The van der Waals surface area contributed by atoms with E-state index in [0.29, 0.717) is 13.0 Å². The lowest BCUT2D eigenvalue weighted by Gasteiger charge is -2.36. The van der Waals surface area contributed by atoms with Crippen molar-refractivity contribution in [3.05, 3.63) is 0 Å². The number of hydrogen-bond donors (Lipinski definition) is 1. The van der Waals surface area contributed by atoms with Gasteiger partial charge in [0, 0.05) is 44.9 Å². The van der Waals surface area contributed by atoms with E-state index in [9.17, 15) is 14.4 Å². The summed E-state index contributed by atoms with van der Waals surface area (Å²) < 4.78 is 0. The van der Waals surface area contributed by atoms with E-state index in [-0.39, 0.29) is 37.1 Å². The summed E-state index contributed by atoms with van der Waals surface area (Å²) in [6, 6.07) is 0.0137. The molecule has 0 bridgehead atoms. The van der Waals surface area contributed by atoms with Crippen molar-refractivity contribution >= 4 is 17.8 Å². The number of amides is 2. The number of rotatable bonds is 10. The second-order valence-corrected chi connectivity index (χ2v) is 6.55. The number of likely N-dealkylation sites (tertiary alicyclic amines) is 1. The predicted molar refractivity (Wildman–Crippen MR) is 92.6 cm³/mol. The van der Waals surface area contributed by atoms with Gasteiger partial charge in [0.2, 0.25) is 11.8 Å². The quantitative estimate of drug-likeness (QED) is 0.663. The molecule has 0 aromatic heterocycles.